The monoisotopic (exact) mass is 768 g/mol. The molecule has 0 radical (unpaired) electrons. The topological polar surface area (TPSA) is 19.6 Å². The van der Waals surface area contributed by atoms with E-state index in [0.717, 1.165) is 69.1 Å². The average molecular weight is 769 g/mol. The molecule has 0 fully saturated rings. The maximum Gasteiger partial charge on any atom is 0.142 e. The summed E-state index contributed by atoms with van der Waals surface area (Å²) in [6.07, 6.45) is 52.3. The molecule has 4 aromatic rings. The van der Waals surface area contributed by atoms with Gasteiger partial charge in [-0.25, -0.2) is 0 Å². The number of nitrogens with zero attached hydrogens (tertiary/aromatic N) is 2. The van der Waals surface area contributed by atoms with Crippen LogP contribution in [0.5, 0.6) is 0 Å². The lowest BCUT2D eigenvalue weighted by Gasteiger charge is -2.40. The zero-order valence-electron chi connectivity index (χ0n) is 33.8. The van der Waals surface area contributed by atoms with Gasteiger partial charge in [0.2, 0.25) is 0 Å². The predicted molar refractivity (Wildman–Crippen MR) is 247 cm³/mol. The molecule has 1 heterocycles. The fourth-order valence-corrected chi connectivity index (χ4v) is 10.7. The highest BCUT2D eigenvalue weighted by Crippen LogP contribution is 2.49. The summed E-state index contributed by atoms with van der Waals surface area (Å²) < 4.78 is 7.21. The molecule has 0 saturated heterocycles. The number of hydrogen-bond donors (Lipinski definition) is 0. The Morgan fingerprint density at radius 1 is 0.593 bits per heavy atom. The van der Waals surface area contributed by atoms with E-state index >= 15 is 0 Å². The summed E-state index contributed by atoms with van der Waals surface area (Å²) in [6.45, 7) is 0. The van der Waals surface area contributed by atoms with E-state index in [1.807, 2.05) is 0 Å². The molecule has 292 valence electrons. The van der Waals surface area contributed by atoms with E-state index in [1.54, 1.807) is 0 Å². The lowest BCUT2D eigenvalue weighted by molar-refractivity contribution is 0.475. The molecule has 3 nitrogen and oxygen atoms in total. The van der Waals surface area contributed by atoms with Crippen molar-refractivity contribution in [2.75, 3.05) is 9.80 Å². The van der Waals surface area contributed by atoms with Gasteiger partial charge >= 0.3 is 0 Å². The van der Waals surface area contributed by atoms with E-state index in [9.17, 15) is 0 Å². The molecular weight excluding hydrogens is 717 g/mol. The molecule has 0 N–H and O–H groups in total. The highest BCUT2D eigenvalue weighted by molar-refractivity contribution is 5.95. The van der Waals surface area contributed by atoms with Crippen LogP contribution >= 0.6 is 0 Å². The van der Waals surface area contributed by atoms with Crippen LogP contribution in [0.1, 0.15) is 86.5 Å². The molecule has 3 aromatic carbocycles. The van der Waals surface area contributed by atoms with E-state index in [2.05, 4.69) is 186 Å². The summed E-state index contributed by atoms with van der Waals surface area (Å²) >= 11 is 0. The summed E-state index contributed by atoms with van der Waals surface area (Å²) in [7, 11) is 0. The normalized spacial score (nSPS) is 25.1. The molecule has 0 amide bonds. The minimum atomic E-state index is 0.103. The minimum Gasteiger partial charge on any atom is -0.459 e. The molecule has 3 heteroatoms. The second-order valence-corrected chi connectivity index (χ2v) is 17.1. The number of fused-ring (bicyclic) bond motifs is 7. The quantitative estimate of drug-likeness (QED) is 0.178. The van der Waals surface area contributed by atoms with Crippen molar-refractivity contribution in [2.45, 2.75) is 69.6 Å². The van der Waals surface area contributed by atoms with Gasteiger partial charge in [0.05, 0.1) is 5.69 Å². The zero-order chi connectivity index (χ0) is 39.1. The van der Waals surface area contributed by atoms with Gasteiger partial charge in [-0.05, 0) is 118 Å². The molecule has 0 aliphatic heterocycles. The van der Waals surface area contributed by atoms with E-state index in [1.165, 1.54) is 61.1 Å². The van der Waals surface area contributed by atoms with Crippen LogP contribution < -0.4 is 20.2 Å². The third kappa shape index (κ3) is 6.61. The SMILES string of the molecule is C1=CCC(C2C=CC(N(C3=CCCC=C3)c3cc4c5c(oc4c4c3=CCCC=4)C3C=CC=CC3C(N(C3=CCC(c4ccccc4)CC3)c3ccccc3)=C5)=CC2)C=C1. The summed E-state index contributed by atoms with van der Waals surface area (Å²) in [6, 6.07) is 24.6. The van der Waals surface area contributed by atoms with E-state index in [-0.39, 0.29) is 11.8 Å². The Bertz CT molecular complexity index is 2720. The number of anilines is 2. The molecule has 5 atom stereocenters. The van der Waals surface area contributed by atoms with Crippen LogP contribution in [0.15, 0.2) is 185 Å². The molecule has 0 spiro atoms. The van der Waals surface area contributed by atoms with Crippen molar-refractivity contribution in [1.82, 2.24) is 0 Å². The Morgan fingerprint density at radius 2 is 1.36 bits per heavy atom. The standard InChI is InChI=1S/C56H52N2O/c1-5-17-39(18-6-1)41-29-33-45(34-30-41)57(43-21-9-3-10-22-43)53-37-51-52-38-54(48-26-14-16-28-50(48)56(52)59-55(51)49-27-15-13-25-47(49)53)58(44-23-11-4-12-24-44)46-35-31-42(32-36-46)40-19-7-2-8-20-40/h1-3,5-11,13,15,17-19,21-28,31,33,35-38,40-42,47,49H,4,12,14,16,20,29-30,32,34H2. The molecule has 0 saturated carbocycles. The summed E-state index contributed by atoms with van der Waals surface area (Å²) in [5, 5.41) is 3.74. The van der Waals surface area contributed by atoms with Crippen LogP contribution in [0.4, 0.5) is 11.4 Å². The van der Waals surface area contributed by atoms with Gasteiger partial charge in [-0.2, -0.15) is 0 Å². The number of hydrogen-bond acceptors (Lipinski definition) is 3. The lowest BCUT2D eigenvalue weighted by Crippen LogP contribution is -2.36. The van der Waals surface area contributed by atoms with Crippen molar-refractivity contribution in [3.05, 3.63) is 208 Å². The van der Waals surface area contributed by atoms with E-state index in [0.29, 0.717) is 17.8 Å². The number of rotatable bonds is 8. The Morgan fingerprint density at radius 3 is 2.10 bits per heavy atom. The Kier molecular flexibility index (Phi) is 9.53. The van der Waals surface area contributed by atoms with Crippen LogP contribution in [-0.2, 0) is 0 Å². The Labute approximate surface area is 348 Å². The number of benzene rings is 3. The highest BCUT2D eigenvalue weighted by atomic mass is 16.3. The smallest absolute Gasteiger partial charge is 0.142 e. The third-order valence-electron chi connectivity index (χ3n) is 13.7. The van der Waals surface area contributed by atoms with Gasteiger partial charge in [0.1, 0.15) is 11.3 Å². The maximum absolute atomic E-state index is 7.21. The molecule has 7 aliphatic carbocycles. The number of allylic oxidation sites excluding steroid dienone is 16. The zero-order valence-corrected chi connectivity index (χ0v) is 33.8. The first-order valence-corrected chi connectivity index (χ1v) is 22.1. The fourth-order valence-electron chi connectivity index (χ4n) is 10.7. The van der Waals surface area contributed by atoms with Crippen LogP contribution in [0.3, 0.4) is 0 Å². The van der Waals surface area contributed by atoms with Gasteiger partial charge in [0.15, 0.2) is 0 Å². The molecule has 59 heavy (non-hydrogen) atoms. The molecular formula is C56H52N2O. The van der Waals surface area contributed by atoms with Crippen molar-refractivity contribution in [3.63, 3.8) is 0 Å². The van der Waals surface area contributed by atoms with Gasteiger partial charge in [0.25, 0.3) is 0 Å². The first-order valence-electron chi connectivity index (χ1n) is 22.1. The first-order chi connectivity index (χ1) is 29.3. The van der Waals surface area contributed by atoms with Crippen molar-refractivity contribution in [1.29, 1.82) is 0 Å². The lowest BCUT2D eigenvalue weighted by atomic mass is 9.77. The van der Waals surface area contributed by atoms with Crippen molar-refractivity contribution in [2.24, 2.45) is 17.8 Å². The maximum atomic E-state index is 7.21. The minimum absolute atomic E-state index is 0.103. The third-order valence-corrected chi connectivity index (χ3v) is 13.7. The van der Waals surface area contributed by atoms with Crippen LogP contribution in [0, 0.1) is 17.8 Å². The first kappa shape index (κ1) is 36.1. The van der Waals surface area contributed by atoms with Gasteiger partial charge in [0, 0.05) is 61.7 Å². The molecule has 0 bridgehead atoms. The molecule has 1 aromatic heterocycles. The van der Waals surface area contributed by atoms with E-state index in [4.69, 9.17) is 4.42 Å². The van der Waals surface area contributed by atoms with Crippen LogP contribution in [0.25, 0.3) is 29.2 Å². The Hall–Kier alpha value is -6.06. The van der Waals surface area contributed by atoms with Crippen LogP contribution in [-0.4, -0.2) is 0 Å². The average Bonchev–Trinajstić information content (AvgIpc) is 3.70. The fraction of sp³-hybridized carbons (Fsp3) is 0.250. The van der Waals surface area contributed by atoms with Crippen LogP contribution in [0.2, 0.25) is 0 Å². The summed E-state index contributed by atoms with van der Waals surface area (Å²) in [4.78, 5) is 5.15. The second-order valence-electron chi connectivity index (χ2n) is 17.1. The van der Waals surface area contributed by atoms with Gasteiger partial charge < -0.3 is 14.2 Å². The molecule has 5 unspecified atom stereocenters. The van der Waals surface area contributed by atoms with Crippen molar-refractivity contribution < 1.29 is 4.42 Å². The van der Waals surface area contributed by atoms with Crippen molar-refractivity contribution in [3.8, 4) is 0 Å². The molecule has 7 aliphatic rings. The summed E-state index contributed by atoms with van der Waals surface area (Å²) in [5.41, 5.74) is 11.4. The highest BCUT2D eigenvalue weighted by Gasteiger charge is 2.38. The second kappa shape index (κ2) is 15.6. The summed E-state index contributed by atoms with van der Waals surface area (Å²) in [5.74, 6) is 2.95. The van der Waals surface area contributed by atoms with E-state index < -0.39 is 0 Å². The number of furan rings is 1. The largest absolute Gasteiger partial charge is 0.459 e. The van der Waals surface area contributed by atoms with Gasteiger partial charge in [-0.1, -0.05) is 140 Å². The number of para-hydroxylation sites is 1. The van der Waals surface area contributed by atoms with Crippen molar-refractivity contribution >= 4 is 40.6 Å². The predicted octanol–water partition coefficient (Wildman–Crippen LogP) is 13.0. The Balaban J connectivity index is 1.07. The van der Waals surface area contributed by atoms with Gasteiger partial charge in [-0.15, -0.1) is 0 Å². The van der Waals surface area contributed by atoms with Gasteiger partial charge in [-0.3, -0.25) is 0 Å². The molecule has 11 rings (SSSR count).